The van der Waals surface area contributed by atoms with Gasteiger partial charge in [0.15, 0.2) is 0 Å². The zero-order chi connectivity index (χ0) is 9.07. The first kappa shape index (κ1) is 13.9. The van der Waals surface area contributed by atoms with Crippen molar-refractivity contribution in [2.24, 2.45) is 0 Å². The minimum atomic E-state index is -1.20. The summed E-state index contributed by atoms with van der Waals surface area (Å²) in [5, 5.41) is 19.1. The molecule has 1 atom stereocenters. The van der Waals surface area contributed by atoms with E-state index in [1.807, 2.05) is 21.1 Å². The average Bonchev–Trinajstić information content (AvgIpc) is 1.53. The molecular weight excluding hydrogens is 158 g/mol. The van der Waals surface area contributed by atoms with Crippen molar-refractivity contribution in [2.75, 3.05) is 27.7 Å². The fourth-order valence-electron chi connectivity index (χ4n) is 0.889. The molecule has 0 aliphatic heterocycles. The number of carboxylic acid groups (broad SMARTS) is 1. The Labute approximate surface area is 74.0 Å². The van der Waals surface area contributed by atoms with E-state index < -0.39 is 12.1 Å². The molecule has 0 aromatic carbocycles. The van der Waals surface area contributed by atoms with Crippen LogP contribution in [0.4, 0.5) is 0 Å². The molecule has 0 saturated carbocycles. The van der Waals surface area contributed by atoms with Gasteiger partial charge in [-0.15, -0.1) is 0 Å². The first-order valence-electron chi connectivity index (χ1n) is 3.49. The lowest BCUT2D eigenvalue weighted by atomic mass is 10.2. The van der Waals surface area contributed by atoms with Crippen molar-refractivity contribution in [3.05, 3.63) is 7.43 Å². The van der Waals surface area contributed by atoms with Crippen LogP contribution in [-0.4, -0.2) is 49.4 Å². The van der Waals surface area contributed by atoms with E-state index in [0.29, 0.717) is 11.0 Å². The zero-order valence-corrected chi connectivity index (χ0v) is 7.70. The maximum absolute atomic E-state index is 10.0. The summed E-state index contributed by atoms with van der Waals surface area (Å²) in [5.41, 5.74) is 0. The molecule has 4 radical (unpaired) electrons. The van der Waals surface area contributed by atoms with Crippen LogP contribution in [0.3, 0.4) is 0 Å². The van der Waals surface area contributed by atoms with Crippen molar-refractivity contribution < 1.29 is 19.5 Å². The summed E-state index contributed by atoms with van der Waals surface area (Å²) in [7, 11) is 5.66. The minimum Gasteiger partial charge on any atom is -0.550 e. The fourth-order valence-corrected chi connectivity index (χ4v) is 0.889. The molecule has 0 aliphatic carbocycles. The van der Waals surface area contributed by atoms with E-state index in [1.165, 1.54) is 0 Å². The molecule has 1 unspecified atom stereocenters. The predicted octanol–water partition coefficient (Wildman–Crippen LogP) is -1.73. The summed E-state index contributed by atoms with van der Waals surface area (Å²) in [6.45, 7) is 0.425. The van der Waals surface area contributed by atoms with Crippen LogP contribution in [-0.2, 0) is 4.79 Å². The third kappa shape index (κ3) is 9.39. The molecule has 4 nitrogen and oxygen atoms in total. The Morgan fingerprint density at radius 2 is 1.92 bits per heavy atom. The Morgan fingerprint density at radius 3 is 2.17 bits per heavy atom. The molecule has 0 amide bonds. The second-order valence-electron chi connectivity index (χ2n) is 3.70. The standard InChI is InChI=1S/C7H15NO3.C/c1-8(2,3)5-6(9)4-7(10)11;/h6,9H,4-5H2,1-3H3;. The number of aliphatic hydroxyl groups is 1. The van der Waals surface area contributed by atoms with Gasteiger partial charge in [0.1, 0.15) is 12.6 Å². The monoisotopic (exact) mass is 173 g/mol. The van der Waals surface area contributed by atoms with Crippen LogP contribution < -0.4 is 5.11 Å². The molecule has 1 N–H and O–H groups in total. The van der Waals surface area contributed by atoms with Crippen LogP contribution in [0.25, 0.3) is 0 Å². The molecule has 0 aromatic rings. The third-order valence-electron chi connectivity index (χ3n) is 1.16. The van der Waals surface area contributed by atoms with Gasteiger partial charge in [-0.1, -0.05) is 0 Å². The highest BCUT2D eigenvalue weighted by Gasteiger charge is 2.14. The summed E-state index contributed by atoms with van der Waals surface area (Å²) in [6.07, 6.45) is -1.09. The highest BCUT2D eigenvalue weighted by Crippen LogP contribution is 1.97. The Hall–Kier alpha value is -0.610. The van der Waals surface area contributed by atoms with Crippen LogP contribution >= 0.6 is 0 Å². The molecule has 0 aliphatic rings. The molecule has 0 rings (SSSR count). The summed E-state index contributed by atoms with van der Waals surface area (Å²) >= 11 is 0. The normalized spacial score (nSPS) is 13.3. The summed E-state index contributed by atoms with van der Waals surface area (Å²) < 4.78 is 0.550. The Bertz CT molecular complexity index is 140. The van der Waals surface area contributed by atoms with Crippen molar-refractivity contribution >= 4 is 5.97 Å². The Morgan fingerprint density at radius 1 is 1.50 bits per heavy atom. The van der Waals surface area contributed by atoms with Gasteiger partial charge in [-0.25, -0.2) is 0 Å². The van der Waals surface area contributed by atoms with E-state index in [0.717, 1.165) is 0 Å². The SMILES string of the molecule is C[N+](C)(C)CC(O)CC(=O)[O-].[C]. The van der Waals surface area contributed by atoms with E-state index >= 15 is 0 Å². The van der Waals surface area contributed by atoms with Gasteiger partial charge in [0, 0.05) is 19.8 Å². The molecular formula is C8H15NO3. The zero-order valence-electron chi connectivity index (χ0n) is 7.70. The summed E-state index contributed by atoms with van der Waals surface area (Å²) in [6, 6.07) is 0. The first-order valence-corrected chi connectivity index (χ1v) is 3.49. The van der Waals surface area contributed by atoms with E-state index in [4.69, 9.17) is 5.11 Å². The number of carboxylic acids is 1. The van der Waals surface area contributed by atoms with Gasteiger partial charge >= 0.3 is 0 Å². The summed E-state index contributed by atoms with van der Waals surface area (Å²) in [5.74, 6) is -1.20. The highest BCUT2D eigenvalue weighted by atomic mass is 16.4. The van der Waals surface area contributed by atoms with Crippen LogP contribution in [0, 0.1) is 7.43 Å². The second kappa shape index (κ2) is 5.11. The van der Waals surface area contributed by atoms with Crippen LogP contribution in [0.15, 0.2) is 0 Å². The fraction of sp³-hybridized carbons (Fsp3) is 0.750. The van der Waals surface area contributed by atoms with Gasteiger partial charge in [0.2, 0.25) is 0 Å². The number of aliphatic hydroxyl groups excluding tert-OH is 1. The number of nitrogens with zero attached hydrogens (tertiary/aromatic N) is 1. The quantitative estimate of drug-likeness (QED) is 0.514. The van der Waals surface area contributed by atoms with Gasteiger partial charge in [0.05, 0.1) is 21.1 Å². The number of likely N-dealkylation sites (N-methyl/N-ethyl adjacent to an activating group) is 1. The lowest BCUT2D eigenvalue weighted by Crippen LogP contribution is -2.43. The molecule has 0 aromatic heterocycles. The van der Waals surface area contributed by atoms with E-state index in [1.54, 1.807) is 0 Å². The van der Waals surface area contributed by atoms with Gasteiger partial charge in [-0.3, -0.25) is 0 Å². The molecule has 0 saturated heterocycles. The number of quaternary nitrogens is 1. The lowest BCUT2D eigenvalue weighted by Gasteiger charge is -2.26. The largest absolute Gasteiger partial charge is 0.550 e. The molecule has 0 spiro atoms. The molecule has 0 bridgehead atoms. The number of aliphatic carboxylic acids is 1. The first-order chi connectivity index (χ1) is 4.81. The smallest absolute Gasteiger partial charge is 0.108 e. The number of carbonyl (C=O) groups is 1. The second-order valence-corrected chi connectivity index (χ2v) is 3.70. The maximum Gasteiger partial charge on any atom is 0.108 e. The van der Waals surface area contributed by atoms with Crippen LogP contribution in [0.2, 0.25) is 0 Å². The maximum atomic E-state index is 10.0. The number of rotatable bonds is 4. The highest BCUT2D eigenvalue weighted by molar-refractivity contribution is 5.64. The van der Waals surface area contributed by atoms with Crippen LogP contribution in [0.5, 0.6) is 0 Å². The van der Waals surface area contributed by atoms with E-state index in [2.05, 4.69) is 0 Å². The number of hydrogen-bond donors (Lipinski definition) is 1. The third-order valence-corrected chi connectivity index (χ3v) is 1.16. The predicted molar refractivity (Wildman–Crippen MR) is 41.8 cm³/mol. The molecule has 4 heteroatoms. The number of hydrogen-bond acceptors (Lipinski definition) is 3. The van der Waals surface area contributed by atoms with Gasteiger partial charge in [-0.05, 0) is 0 Å². The van der Waals surface area contributed by atoms with Crippen LogP contribution in [0.1, 0.15) is 6.42 Å². The molecule has 70 valence electrons. The minimum absolute atomic E-state index is 0. The Kier molecular flexibility index (Phi) is 5.94. The van der Waals surface area contributed by atoms with Gasteiger partial charge in [-0.2, -0.15) is 0 Å². The van der Waals surface area contributed by atoms with Crippen molar-refractivity contribution in [3.63, 3.8) is 0 Å². The average molecular weight is 173 g/mol. The topological polar surface area (TPSA) is 60.4 Å². The molecule has 0 fully saturated rings. The van der Waals surface area contributed by atoms with Crippen molar-refractivity contribution in [1.82, 2.24) is 0 Å². The summed E-state index contributed by atoms with van der Waals surface area (Å²) in [4.78, 5) is 10.0. The van der Waals surface area contributed by atoms with Crippen molar-refractivity contribution in [3.8, 4) is 0 Å². The Balaban J connectivity index is 0. The molecule has 12 heavy (non-hydrogen) atoms. The van der Waals surface area contributed by atoms with E-state index in [-0.39, 0.29) is 13.8 Å². The molecule has 0 heterocycles. The number of carbonyl (C=O) groups excluding carboxylic acids is 1. The lowest BCUT2D eigenvalue weighted by molar-refractivity contribution is -0.873. The van der Waals surface area contributed by atoms with Crippen molar-refractivity contribution in [2.45, 2.75) is 12.5 Å². The van der Waals surface area contributed by atoms with E-state index in [9.17, 15) is 9.90 Å². The van der Waals surface area contributed by atoms with Gasteiger partial charge in [0.25, 0.3) is 0 Å². The van der Waals surface area contributed by atoms with Crippen molar-refractivity contribution in [1.29, 1.82) is 0 Å². The van der Waals surface area contributed by atoms with Gasteiger partial charge < -0.3 is 19.5 Å².